The van der Waals surface area contributed by atoms with Gasteiger partial charge in [0.15, 0.2) is 0 Å². The Morgan fingerprint density at radius 1 is 1.15 bits per heavy atom. The van der Waals surface area contributed by atoms with Crippen LogP contribution in [-0.4, -0.2) is 0 Å². The van der Waals surface area contributed by atoms with Crippen molar-refractivity contribution in [2.24, 2.45) is 0 Å². The van der Waals surface area contributed by atoms with Crippen molar-refractivity contribution in [1.82, 2.24) is 0 Å². The zero-order valence-corrected chi connectivity index (χ0v) is 10.7. The number of hydrogen-bond donors (Lipinski definition) is 0. The summed E-state index contributed by atoms with van der Waals surface area (Å²) in [6, 6.07) is 6.70. The predicted molar refractivity (Wildman–Crippen MR) is 49.9 cm³/mol. The first-order valence-electron chi connectivity index (χ1n) is 3.13. The summed E-state index contributed by atoms with van der Waals surface area (Å²) in [5, 5.41) is 0. The van der Waals surface area contributed by atoms with E-state index in [-0.39, 0.29) is 15.1 Å². The molecule has 0 atom stereocenters. The monoisotopic (exact) mass is 327 g/mol. The quantitative estimate of drug-likeness (QED) is 0.587. The molecule has 0 fully saturated rings. The van der Waals surface area contributed by atoms with Gasteiger partial charge >= 0.3 is 34.5 Å². The number of aryl methyl sites for hydroxylation is 1. The fourth-order valence-corrected chi connectivity index (χ4v) is 1.01. The van der Waals surface area contributed by atoms with Gasteiger partial charge in [0.05, 0.1) is 0 Å². The molecular formula is C7H7Cl2O2RuS-. The maximum atomic E-state index is 10.3. The van der Waals surface area contributed by atoms with Crippen molar-refractivity contribution in [2.75, 3.05) is 0 Å². The summed E-state index contributed by atoms with van der Waals surface area (Å²) in [7, 11) is 7.62. The van der Waals surface area contributed by atoms with Crippen LogP contribution in [0.25, 0.3) is 0 Å². The van der Waals surface area contributed by atoms with E-state index in [9.17, 15) is 8.42 Å². The van der Waals surface area contributed by atoms with Crippen molar-refractivity contribution >= 4 is 30.1 Å². The zero-order chi connectivity index (χ0) is 10.3. The molecule has 0 saturated heterocycles. The van der Waals surface area contributed by atoms with E-state index in [4.69, 9.17) is 19.4 Å². The van der Waals surface area contributed by atoms with Crippen LogP contribution in [0.5, 0.6) is 0 Å². The Morgan fingerprint density at radius 3 is 1.85 bits per heavy atom. The molecule has 0 aromatic heterocycles. The van der Waals surface area contributed by atoms with E-state index < -0.39 is 10.7 Å². The second-order valence-electron chi connectivity index (χ2n) is 2.10. The maximum absolute atomic E-state index is 10.3. The Labute approximate surface area is 94.9 Å². The molecule has 0 heterocycles. The first-order valence-corrected chi connectivity index (χ1v) is 8.68. The molecule has 0 saturated carbocycles. The Balaban J connectivity index is 0.000000424. The number of hydrogen-bond acceptors (Lipinski definition) is 3. The van der Waals surface area contributed by atoms with Crippen molar-refractivity contribution in [1.29, 1.82) is 0 Å². The molecule has 2 nitrogen and oxygen atoms in total. The van der Waals surface area contributed by atoms with Crippen molar-refractivity contribution in [3.63, 3.8) is 0 Å². The molecular weight excluding hydrogens is 320 g/mol. The molecule has 1 rings (SSSR count). The normalized spacial score (nSPS) is 9.54. The summed E-state index contributed by atoms with van der Waals surface area (Å²) >= 11 is -0.346. The third kappa shape index (κ3) is 6.44. The molecule has 76 valence electrons. The molecule has 0 bridgehead atoms. The molecule has 0 aliphatic heterocycles. The summed E-state index contributed by atoms with van der Waals surface area (Å²) in [5.74, 6) is 0. The van der Waals surface area contributed by atoms with Crippen molar-refractivity contribution in [3.05, 3.63) is 29.8 Å². The van der Waals surface area contributed by atoms with Crippen LogP contribution in [0.4, 0.5) is 0 Å². The minimum absolute atomic E-state index is 0.339. The molecule has 6 heteroatoms. The van der Waals surface area contributed by atoms with E-state index in [1.165, 1.54) is 0 Å². The third-order valence-corrected chi connectivity index (χ3v) is 1.87. The van der Waals surface area contributed by atoms with Crippen LogP contribution in [0.2, 0.25) is 0 Å². The van der Waals surface area contributed by atoms with E-state index >= 15 is 0 Å². The van der Waals surface area contributed by atoms with Gasteiger partial charge in [0.2, 0.25) is 0 Å². The van der Waals surface area contributed by atoms with Gasteiger partial charge in [-0.1, -0.05) is 34.7 Å². The zero-order valence-electron chi connectivity index (χ0n) is 6.64. The molecule has 0 aliphatic carbocycles. The minimum atomic E-state index is -2.09. The van der Waals surface area contributed by atoms with Crippen molar-refractivity contribution in [2.45, 2.75) is 11.8 Å². The average Bonchev–Trinajstić information content (AvgIpc) is 2.06. The molecule has 1 aromatic rings. The van der Waals surface area contributed by atoms with Gasteiger partial charge in [-0.2, -0.15) is 0 Å². The van der Waals surface area contributed by atoms with Crippen LogP contribution in [-0.2, 0) is 34.3 Å². The second-order valence-corrected chi connectivity index (χ2v) is 5.68. The van der Waals surface area contributed by atoms with Crippen LogP contribution < -0.4 is 0 Å². The molecule has 0 amide bonds. The molecule has 0 spiro atoms. The van der Waals surface area contributed by atoms with Gasteiger partial charge in [0.25, 0.3) is 0 Å². The van der Waals surface area contributed by atoms with Gasteiger partial charge < -0.3 is 8.42 Å². The number of halogens is 2. The summed E-state index contributed by atoms with van der Waals surface area (Å²) in [5.41, 5.74) is 1.06. The standard InChI is InChI=1S/C7H7O2S.2ClH.Ru/c1-6-2-4-7(5-3-6)10(8)9;;;/h2-5H,1H3;2*1H;/q-1;;;+2/p-2. The predicted octanol–water partition coefficient (Wildman–Crippen LogP) is 3.04. The molecule has 0 radical (unpaired) electrons. The van der Waals surface area contributed by atoms with Gasteiger partial charge in [0, 0.05) is 0 Å². The van der Waals surface area contributed by atoms with Gasteiger partial charge in [-0.15, -0.1) is 0 Å². The third-order valence-electron chi connectivity index (χ3n) is 1.21. The summed E-state index contributed by atoms with van der Waals surface area (Å²) in [4.78, 5) is 0.339. The molecule has 13 heavy (non-hydrogen) atoms. The fraction of sp³-hybridized carbons (Fsp3) is 0.143. The Bertz CT molecular complexity index is 303. The Hall–Kier alpha value is 0.373. The number of benzene rings is 1. The SMILES string of the molecule is Cc1ccc([S-](=O)=O)cc1.[Cl][Ru][Cl]. The van der Waals surface area contributed by atoms with Crippen molar-refractivity contribution < 1.29 is 23.6 Å². The van der Waals surface area contributed by atoms with E-state index in [1.807, 2.05) is 6.92 Å². The topological polar surface area (TPSA) is 34.1 Å². The summed E-state index contributed by atoms with van der Waals surface area (Å²) in [6.45, 7) is 1.91. The Morgan fingerprint density at radius 2 is 1.54 bits per heavy atom. The van der Waals surface area contributed by atoms with Crippen LogP contribution >= 0.6 is 19.4 Å². The van der Waals surface area contributed by atoms with E-state index in [1.54, 1.807) is 24.3 Å². The summed E-state index contributed by atoms with van der Waals surface area (Å²) in [6.07, 6.45) is 0. The van der Waals surface area contributed by atoms with Gasteiger partial charge in [-0.3, -0.25) is 0 Å². The van der Waals surface area contributed by atoms with Crippen molar-refractivity contribution in [3.8, 4) is 0 Å². The fourth-order valence-electron chi connectivity index (χ4n) is 0.649. The van der Waals surface area contributed by atoms with Gasteiger partial charge in [0.1, 0.15) is 0 Å². The molecule has 1 aromatic carbocycles. The van der Waals surface area contributed by atoms with Gasteiger partial charge in [-0.25, -0.2) is 0 Å². The Kier molecular flexibility index (Phi) is 7.97. The molecule has 0 aliphatic rings. The van der Waals surface area contributed by atoms with E-state index in [0.29, 0.717) is 4.90 Å². The summed E-state index contributed by atoms with van der Waals surface area (Å²) < 4.78 is 20.6. The van der Waals surface area contributed by atoms with E-state index in [0.717, 1.165) is 5.56 Å². The average molecular weight is 327 g/mol. The molecule has 0 N–H and O–H groups in total. The van der Waals surface area contributed by atoms with Crippen LogP contribution in [0, 0.1) is 6.92 Å². The molecule has 0 unspecified atom stereocenters. The second kappa shape index (κ2) is 7.75. The van der Waals surface area contributed by atoms with Gasteiger partial charge in [-0.05, 0) is 17.6 Å². The van der Waals surface area contributed by atoms with Crippen LogP contribution in [0.3, 0.4) is 0 Å². The number of rotatable bonds is 1. The van der Waals surface area contributed by atoms with Crippen LogP contribution in [0.1, 0.15) is 5.56 Å². The first-order chi connectivity index (χ1) is 6.11. The van der Waals surface area contributed by atoms with E-state index in [2.05, 4.69) is 0 Å². The van der Waals surface area contributed by atoms with Crippen LogP contribution in [0.15, 0.2) is 29.2 Å². The first kappa shape index (κ1) is 13.4.